The molecule has 0 aliphatic carbocycles. The average molecular weight is 612 g/mol. The van der Waals surface area contributed by atoms with Crippen LogP contribution in [0.2, 0.25) is 0 Å². The first-order valence-electron chi connectivity index (χ1n) is 13.6. The Balaban J connectivity index is 1.34. The van der Waals surface area contributed by atoms with Crippen molar-refractivity contribution in [2.45, 2.75) is 82.3 Å². The summed E-state index contributed by atoms with van der Waals surface area (Å²) in [5, 5.41) is 0.244. The van der Waals surface area contributed by atoms with E-state index in [9.17, 15) is 13.6 Å². The lowest BCUT2D eigenvalue weighted by Gasteiger charge is -2.42. The number of likely N-dealkylation sites (tertiary alicyclic amines) is 1. The molecular weight excluding hydrogens is 579 g/mol. The molecule has 0 saturated carbocycles. The highest BCUT2D eigenvalue weighted by molar-refractivity contribution is 9.10. The van der Waals surface area contributed by atoms with E-state index < -0.39 is 28.9 Å². The zero-order valence-electron chi connectivity index (χ0n) is 22.4. The van der Waals surface area contributed by atoms with E-state index in [1.165, 1.54) is 6.07 Å². The Bertz CT molecular complexity index is 1300. The molecule has 4 aliphatic heterocycles. The third-order valence-electron chi connectivity index (χ3n) is 8.40. The van der Waals surface area contributed by atoms with Gasteiger partial charge in [-0.3, -0.25) is 4.90 Å². The number of alkyl halides is 1. The fraction of sp³-hybridized carbons (Fsp3) is 0.667. The summed E-state index contributed by atoms with van der Waals surface area (Å²) >= 11 is 2.99. The number of hydrogen-bond donors (Lipinski definition) is 0. The van der Waals surface area contributed by atoms with Gasteiger partial charge in [-0.1, -0.05) is 0 Å². The standard InChI is InChI=1S/C27H33BrF3N5O3/c1-26(2,3)39-25(37)34-12-16-5-6-17(13-34)36(16)23-18-9-19(30)20(28)21(31)22(18)32-24(33-23)38-14-27-7-4-8-35(27)11-15(29)10-27/h9,15-17H,4-8,10-14H2,1-3H3/t15-,16?,17?,27+/m1/s1. The summed E-state index contributed by atoms with van der Waals surface area (Å²) in [6, 6.07) is 1.00. The lowest BCUT2D eigenvalue weighted by Crippen LogP contribution is -2.56. The molecule has 1 aromatic carbocycles. The molecule has 39 heavy (non-hydrogen) atoms. The van der Waals surface area contributed by atoms with Crippen molar-refractivity contribution in [2.75, 3.05) is 37.7 Å². The zero-order chi connectivity index (χ0) is 27.7. The van der Waals surface area contributed by atoms with Gasteiger partial charge in [0.1, 0.15) is 35.5 Å². The van der Waals surface area contributed by atoms with Crippen molar-refractivity contribution in [2.24, 2.45) is 0 Å². The van der Waals surface area contributed by atoms with Gasteiger partial charge in [-0.25, -0.2) is 18.0 Å². The number of nitrogens with zero attached hydrogens (tertiary/aromatic N) is 5. The summed E-state index contributed by atoms with van der Waals surface area (Å²) < 4.78 is 55.7. The predicted molar refractivity (Wildman–Crippen MR) is 143 cm³/mol. The van der Waals surface area contributed by atoms with Crippen LogP contribution in [0.1, 0.15) is 52.9 Å². The van der Waals surface area contributed by atoms with Gasteiger partial charge in [-0.15, -0.1) is 0 Å². The summed E-state index contributed by atoms with van der Waals surface area (Å²) in [4.78, 5) is 27.7. The molecule has 2 bridgehead atoms. The third kappa shape index (κ3) is 4.81. The first kappa shape index (κ1) is 26.9. The van der Waals surface area contributed by atoms with Gasteiger partial charge in [0.25, 0.3) is 0 Å². The lowest BCUT2D eigenvalue weighted by atomic mass is 9.95. The van der Waals surface area contributed by atoms with E-state index in [1.54, 1.807) is 4.90 Å². The first-order valence-corrected chi connectivity index (χ1v) is 14.4. The van der Waals surface area contributed by atoms with Gasteiger partial charge in [0.15, 0.2) is 5.82 Å². The molecule has 4 saturated heterocycles. The SMILES string of the molecule is CC(C)(C)OC(=O)N1CC2CCC(C1)N2c1nc(OC[C@@]23CCCN2C[C@H](F)C3)nc2c(F)c(Br)c(F)cc12. The number of piperazine rings is 1. The maximum atomic E-state index is 15.3. The molecular formula is C27H33BrF3N5O3. The molecule has 1 aromatic heterocycles. The molecule has 4 fully saturated rings. The van der Waals surface area contributed by atoms with Crippen LogP contribution in [0.15, 0.2) is 10.5 Å². The monoisotopic (exact) mass is 611 g/mol. The fourth-order valence-electron chi connectivity index (χ4n) is 6.77. The van der Waals surface area contributed by atoms with Crippen LogP contribution in [-0.2, 0) is 4.74 Å². The van der Waals surface area contributed by atoms with Gasteiger partial charge in [0, 0.05) is 43.5 Å². The summed E-state index contributed by atoms with van der Waals surface area (Å²) in [5.74, 6) is -1.20. The fourth-order valence-corrected chi connectivity index (χ4v) is 7.07. The summed E-state index contributed by atoms with van der Waals surface area (Å²) in [5.41, 5.74) is -1.08. The smallest absolute Gasteiger partial charge is 0.410 e. The second-order valence-corrected chi connectivity index (χ2v) is 13.0. The lowest BCUT2D eigenvalue weighted by molar-refractivity contribution is 0.0209. The zero-order valence-corrected chi connectivity index (χ0v) is 23.9. The molecule has 0 radical (unpaired) electrons. The van der Waals surface area contributed by atoms with Crippen molar-refractivity contribution in [1.29, 1.82) is 0 Å². The number of rotatable bonds is 4. The molecule has 0 spiro atoms. The van der Waals surface area contributed by atoms with Gasteiger partial charge >= 0.3 is 12.1 Å². The van der Waals surface area contributed by atoms with Crippen LogP contribution >= 0.6 is 15.9 Å². The number of ether oxygens (including phenoxy) is 2. The van der Waals surface area contributed by atoms with E-state index in [1.807, 2.05) is 20.8 Å². The van der Waals surface area contributed by atoms with Gasteiger partial charge in [-0.2, -0.15) is 9.97 Å². The number of halogens is 4. The number of carbonyl (C=O) groups is 1. The van der Waals surface area contributed by atoms with Crippen LogP contribution in [0, 0.1) is 11.6 Å². The predicted octanol–water partition coefficient (Wildman–Crippen LogP) is 5.21. The average Bonchev–Trinajstić information content (AvgIpc) is 3.47. The highest BCUT2D eigenvalue weighted by Crippen LogP contribution is 2.42. The van der Waals surface area contributed by atoms with E-state index in [-0.39, 0.29) is 46.2 Å². The van der Waals surface area contributed by atoms with Gasteiger partial charge in [-0.05, 0) is 75.0 Å². The second-order valence-electron chi connectivity index (χ2n) is 12.3. The van der Waals surface area contributed by atoms with Crippen molar-refractivity contribution in [1.82, 2.24) is 19.8 Å². The molecule has 12 heteroatoms. The normalized spacial score (nSPS) is 28.8. The quantitative estimate of drug-likeness (QED) is 0.439. The maximum absolute atomic E-state index is 15.3. The van der Waals surface area contributed by atoms with Crippen molar-refractivity contribution in [3.8, 4) is 6.01 Å². The summed E-state index contributed by atoms with van der Waals surface area (Å²) in [7, 11) is 0. The number of carbonyl (C=O) groups excluding carboxylic acids is 1. The van der Waals surface area contributed by atoms with Crippen LogP contribution in [0.5, 0.6) is 6.01 Å². The van der Waals surface area contributed by atoms with E-state index in [0.717, 1.165) is 32.2 Å². The van der Waals surface area contributed by atoms with Crippen LogP contribution in [-0.4, -0.2) is 88.0 Å². The van der Waals surface area contributed by atoms with Gasteiger partial charge < -0.3 is 19.3 Å². The molecule has 1 amide bonds. The third-order valence-corrected chi connectivity index (χ3v) is 9.12. The second kappa shape index (κ2) is 9.64. The Morgan fingerprint density at radius 2 is 1.90 bits per heavy atom. The Labute approximate surface area is 233 Å². The molecule has 5 heterocycles. The number of benzene rings is 1. The van der Waals surface area contributed by atoms with E-state index in [4.69, 9.17) is 14.5 Å². The van der Waals surface area contributed by atoms with Gasteiger partial charge in [0.2, 0.25) is 0 Å². The molecule has 4 aliphatic rings. The van der Waals surface area contributed by atoms with Crippen LogP contribution < -0.4 is 9.64 Å². The maximum Gasteiger partial charge on any atom is 0.410 e. The van der Waals surface area contributed by atoms with Crippen molar-refractivity contribution in [3.63, 3.8) is 0 Å². The molecule has 0 N–H and O–H groups in total. The molecule has 8 nitrogen and oxygen atoms in total. The van der Waals surface area contributed by atoms with Gasteiger partial charge in [0.05, 0.1) is 10.0 Å². The number of aromatic nitrogens is 2. The Morgan fingerprint density at radius 1 is 1.18 bits per heavy atom. The highest BCUT2D eigenvalue weighted by atomic mass is 79.9. The van der Waals surface area contributed by atoms with E-state index in [2.05, 4.69) is 30.7 Å². The Hall–Kier alpha value is -2.34. The Kier molecular flexibility index (Phi) is 6.64. The number of fused-ring (bicyclic) bond motifs is 4. The molecule has 2 unspecified atom stereocenters. The van der Waals surface area contributed by atoms with Crippen LogP contribution in [0.3, 0.4) is 0 Å². The molecule has 4 atom stereocenters. The number of anilines is 1. The molecule has 212 valence electrons. The Morgan fingerprint density at radius 3 is 2.59 bits per heavy atom. The van der Waals surface area contributed by atoms with E-state index in [0.29, 0.717) is 31.9 Å². The molecule has 2 aromatic rings. The first-order chi connectivity index (χ1) is 18.4. The number of hydrogen-bond acceptors (Lipinski definition) is 7. The van der Waals surface area contributed by atoms with Crippen molar-refractivity contribution < 1.29 is 27.4 Å². The minimum Gasteiger partial charge on any atom is -0.461 e. The number of amides is 1. The van der Waals surface area contributed by atoms with Crippen LogP contribution in [0.4, 0.5) is 23.8 Å². The largest absolute Gasteiger partial charge is 0.461 e. The topological polar surface area (TPSA) is 71.0 Å². The van der Waals surface area contributed by atoms with E-state index >= 15 is 4.39 Å². The van der Waals surface area contributed by atoms with Crippen molar-refractivity contribution in [3.05, 3.63) is 22.2 Å². The van der Waals surface area contributed by atoms with Crippen LogP contribution in [0.25, 0.3) is 10.9 Å². The molecule has 6 rings (SSSR count). The summed E-state index contributed by atoms with van der Waals surface area (Å²) in [6.45, 7) is 7.70. The van der Waals surface area contributed by atoms with Crippen molar-refractivity contribution >= 4 is 38.7 Å². The minimum atomic E-state index is -0.907. The summed E-state index contributed by atoms with van der Waals surface area (Å²) in [6.07, 6.45) is 2.47. The minimum absolute atomic E-state index is 0.0209. The highest BCUT2D eigenvalue weighted by Gasteiger charge is 2.50.